The van der Waals surface area contributed by atoms with Crippen molar-refractivity contribution < 1.29 is 8.42 Å². The van der Waals surface area contributed by atoms with Gasteiger partial charge in [-0.25, -0.2) is 0 Å². The van der Waals surface area contributed by atoms with Crippen LogP contribution < -0.4 is 0 Å². The summed E-state index contributed by atoms with van der Waals surface area (Å²) in [5.41, 5.74) is 0. The summed E-state index contributed by atoms with van der Waals surface area (Å²) in [6, 6.07) is 4.53. The van der Waals surface area contributed by atoms with Crippen LogP contribution in [0.4, 0.5) is 0 Å². The molecular weight excluding hydrogens is 152 g/mol. The third-order valence-electron chi connectivity index (χ3n) is 0.830. The van der Waals surface area contributed by atoms with E-state index in [4.69, 9.17) is 0 Å². The molecule has 1 aromatic heterocycles. The molecule has 52 valence electrons. The molecule has 0 aliphatic carbocycles. The van der Waals surface area contributed by atoms with Gasteiger partial charge in [0.2, 0.25) is 14.9 Å². The first-order valence-electron chi connectivity index (χ1n) is 2.51. The lowest BCUT2D eigenvalue weighted by Crippen LogP contribution is -1.73. The maximum Gasteiger partial charge on any atom is 0.242 e. The Bertz CT molecular complexity index is 355. The third-order valence-corrected chi connectivity index (χ3v) is 1.39. The van der Waals surface area contributed by atoms with Crippen LogP contribution in [0.3, 0.4) is 0 Å². The minimum absolute atomic E-state index is 0.0509. The standard InChI is InChI=1S/C5H4N2O2S/c8-10(9)5-3-1-2-4-6-7-5/h1-4H. The highest BCUT2D eigenvalue weighted by Gasteiger charge is 1.77. The van der Waals surface area contributed by atoms with Gasteiger partial charge in [-0.1, -0.05) is 6.07 Å². The molecule has 0 amide bonds. The van der Waals surface area contributed by atoms with Gasteiger partial charge in [0, 0.05) is 6.20 Å². The molecule has 5 heteroatoms. The second-order valence-corrected chi connectivity index (χ2v) is 2.38. The molecule has 10 heavy (non-hydrogen) atoms. The first kappa shape index (κ1) is 6.88. The number of nitrogens with zero attached hydrogens (tertiary/aromatic N) is 2. The zero-order valence-electron chi connectivity index (χ0n) is 4.93. The van der Waals surface area contributed by atoms with Crippen LogP contribution in [-0.4, -0.2) is 18.6 Å². The molecule has 0 spiro atoms. The molecule has 0 bridgehead atoms. The minimum Gasteiger partial charge on any atom is -0.182 e. The van der Waals surface area contributed by atoms with Gasteiger partial charge >= 0.3 is 0 Å². The molecule has 0 N–H and O–H groups in total. The topological polar surface area (TPSA) is 59.9 Å². The van der Waals surface area contributed by atoms with E-state index < -0.39 is 10.3 Å². The van der Waals surface area contributed by atoms with Crippen LogP contribution in [0.25, 0.3) is 0 Å². The average Bonchev–Trinajstić information content (AvgIpc) is 2.12. The summed E-state index contributed by atoms with van der Waals surface area (Å²) in [4.78, 5) is 0. The van der Waals surface area contributed by atoms with Gasteiger partial charge in [0.15, 0.2) is 0 Å². The summed E-state index contributed by atoms with van der Waals surface area (Å²) in [5.74, 6) is 0. The molecule has 0 saturated carbocycles. The fourth-order valence-corrected chi connectivity index (χ4v) is 0.742. The normalized spacial score (nSPS) is 8.80. The molecule has 0 aliphatic heterocycles. The van der Waals surface area contributed by atoms with E-state index in [1.54, 1.807) is 12.1 Å². The van der Waals surface area contributed by atoms with E-state index in [9.17, 15) is 8.42 Å². The molecule has 0 aliphatic rings. The van der Waals surface area contributed by atoms with Gasteiger partial charge < -0.3 is 0 Å². The van der Waals surface area contributed by atoms with Gasteiger partial charge in [-0.05, 0) is 12.1 Å². The Hall–Kier alpha value is -1.23. The Morgan fingerprint density at radius 1 is 1.30 bits per heavy atom. The molecule has 0 atom stereocenters. The lowest BCUT2D eigenvalue weighted by atomic mass is 10.6. The van der Waals surface area contributed by atoms with Gasteiger partial charge in [-0.15, -0.1) is 5.10 Å². The van der Waals surface area contributed by atoms with Gasteiger partial charge in [0.25, 0.3) is 0 Å². The first-order chi connectivity index (χ1) is 4.80. The molecule has 0 aromatic carbocycles. The van der Waals surface area contributed by atoms with Crippen LogP contribution in [0.1, 0.15) is 0 Å². The van der Waals surface area contributed by atoms with E-state index in [2.05, 4.69) is 10.2 Å². The average molecular weight is 156 g/mol. The number of hydrogen-bond donors (Lipinski definition) is 0. The summed E-state index contributed by atoms with van der Waals surface area (Å²) >= 11 is 0. The van der Waals surface area contributed by atoms with Crippen molar-refractivity contribution >= 4 is 10.3 Å². The van der Waals surface area contributed by atoms with E-state index in [-0.39, 0.29) is 4.64 Å². The van der Waals surface area contributed by atoms with Crippen LogP contribution in [0.2, 0.25) is 0 Å². The van der Waals surface area contributed by atoms with Crippen LogP contribution in [0, 0.1) is 4.64 Å². The second-order valence-electron chi connectivity index (χ2n) is 1.49. The van der Waals surface area contributed by atoms with Crippen molar-refractivity contribution in [2.75, 3.05) is 0 Å². The predicted molar refractivity (Wildman–Crippen MR) is 34.2 cm³/mol. The van der Waals surface area contributed by atoms with Gasteiger partial charge in [0.05, 0.1) is 0 Å². The molecule has 1 rings (SSSR count). The quantitative estimate of drug-likeness (QED) is 0.491. The summed E-state index contributed by atoms with van der Waals surface area (Å²) in [6.45, 7) is 0. The van der Waals surface area contributed by atoms with E-state index >= 15 is 0 Å². The van der Waals surface area contributed by atoms with Crippen LogP contribution >= 0.6 is 0 Å². The first-order valence-corrected chi connectivity index (χ1v) is 3.58. The largest absolute Gasteiger partial charge is 0.242 e. The Morgan fingerprint density at radius 3 is 2.80 bits per heavy atom. The molecule has 1 heterocycles. The van der Waals surface area contributed by atoms with Crippen molar-refractivity contribution in [2.45, 2.75) is 0 Å². The molecule has 4 nitrogen and oxygen atoms in total. The van der Waals surface area contributed by atoms with Crippen LogP contribution in [0.5, 0.6) is 0 Å². The maximum absolute atomic E-state index is 10.2. The summed E-state index contributed by atoms with van der Waals surface area (Å²) in [7, 11) is -2.28. The Morgan fingerprint density at radius 2 is 2.10 bits per heavy atom. The summed E-state index contributed by atoms with van der Waals surface area (Å²) in [6.07, 6.45) is 1.41. The highest BCUT2D eigenvalue weighted by atomic mass is 32.2. The number of aromatic nitrogens is 2. The Kier molecular flexibility index (Phi) is 2.11. The fourth-order valence-electron chi connectivity index (χ4n) is 0.439. The smallest absolute Gasteiger partial charge is 0.182 e. The minimum atomic E-state index is -2.28. The number of hydrogen-bond acceptors (Lipinski definition) is 4. The molecule has 0 unspecified atom stereocenters. The monoisotopic (exact) mass is 156 g/mol. The SMILES string of the molecule is O=S(=O)=c1ccccnn1. The molecule has 0 saturated heterocycles. The molecule has 0 fully saturated rings. The van der Waals surface area contributed by atoms with Crippen molar-refractivity contribution in [1.29, 1.82) is 0 Å². The van der Waals surface area contributed by atoms with E-state index in [1.807, 2.05) is 0 Å². The highest BCUT2D eigenvalue weighted by molar-refractivity contribution is 7.63. The predicted octanol–water partition coefficient (Wildman–Crippen LogP) is -0.112. The van der Waals surface area contributed by atoms with Crippen LogP contribution in [-0.2, 0) is 10.3 Å². The third kappa shape index (κ3) is 1.63. The number of rotatable bonds is 0. The summed E-state index contributed by atoms with van der Waals surface area (Å²) < 4.78 is 20.4. The van der Waals surface area contributed by atoms with Crippen molar-refractivity contribution in [3.05, 3.63) is 29.0 Å². The van der Waals surface area contributed by atoms with E-state index in [0.717, 1.165) is 0 Å². The Balaban J connectivity index is 3.70. The zero-order valence-corrected chi connectivity index (χ0v) is 5.75. The van der Waals surface area contributed by atoms with E-state index in [0.29, 0.717) is 0 Å². The van der Waals surface area contributed by atoms with Crippen molar-refractivity contribution in [3.8, 4) is 0 Å². The maximum atomic E-state index is 10.2. The van der Waals surface area contributed by atoms with Crippen LogP contribution in [0.15, 0.2) is 24.4 Å². The van der Waals surface area contributed by atoms with Crippen molar-refractivity contribution in [1.82, 2.24) is 10.2 Å². The van der Waals surface area contributed by atoms with Crippen molar-refractivity contribution in [3.63, 3.8) is 0 Å². The van der Waals surface area contributed by atoms with E-state index in [1.165, 1.54) is 12.3 Å². The van der Waals surface area contributed by atoms with Crippen molar-refractivity contribution in [2.24, 2.45) is 0 Å². The Labute approximate surface area is 58.7 Å². The molecular formula is C5H4N2O2S. The summed E-state index contributed by atoms with van der Waals surface area (Å²) in [5, 5.41) is 6.80. The van der Waals surface area contributed by atoms with Gasteiger partial charge in [0.1, 0.15) is 0 Å². The van der Waals surface area contributed by atoms with Gasteiger partial charge in [-0.2, -0.15) is 13.5 Å². The fraction of sp³-hybridized carbons (Fsp3) is 0. The van der Waals surface area contributed by atoms with Gasteiger partial charge in [-0.3, -0.25) is 0 Å². The molecule has 0 radical (unpaired) electrons. The molecule has 1 aromatic rings. The lowest BCUT2D eigenvalue weighted by molar-refractivity contribution is 0.624. The zero-order chi connectivity index (χ0) is 7.40. The highest BCUT2D eigenvalue weighted by Crippen LogP contribution is 1.76. The second kappa shape index (κ2) is 3.07. The lowest BCUT2D eigenvalue weighted by Gasteiger charge is -1.61.